The Morgan fingerprint density at radius 3 is 2.29 bits per heavy atom. The maximum Gasteiger partial charge on any atom is 0.229 e. The molecule has 3 aromatic carbocycles. The first-order valence-electron chi connectivity index (χ1n) is 11.0. The summed E-state index contributed by atoms with van der Waals surface area (Å²) in [5.74, 6) is -0.212. The highest BCUT2D eigenvalue weighted by Gasteiger charge is 2.22. The molecule has 176 valence electrons. The average Bonchev–Trinajstić information content (AvgIpc) is 3.25. The van der Waals surface area contributed by atoms with E-state index < -0.39 is 9.84 Å². The Morgan fingerprint density at radius 1 is 0.971 bits per heavy atom. The highest BCUT2D eigenvalue weighted by Crippen LogP contribution is 2.34. The molecule has 0 fully saturated rings. The van der Waals surface area contributed by atoms with E-state index in [4.69, 9.17) is 16.6 Å². The third-order valence-corrected chi connectivity index (χ3v) is 8.66. The van der Waals surface area contributed by atoms with Crippen molar-refractivity contribution < 1.29 is 13.2 Å². The van der Waals surface area contributed by atoms with Crippen LogP contribution in [0.1, 0.15) is 29.5 Å². The second-order valence-electron chi connectivity index (χ2n) is 8.16. The van der Waals surface area contributed by atoms with Gasteiger partial charge in [0.05, 0.1) is 28.3 Å². The van der Waals surface area contributed by atoms with Crippen LogP contribution in [0.5, 0.6) is 0 Å². The van der Waals surface area contributed by atoms with Crippen LogP contribution in [0.25, 0.3) is 10.2 Å². The maximum atomic E-state index is 13.3. The maximum absolute atomic E-state index is 13.3. The summed E-state index contributed by atoms with van der Waals surface area (Å²) in [5.41, 5.74) is 3.38. The number of nitrogens with zero attached hydrogens (tertiary/aromatic N) is 2. The van der Waals surface area contributed by atoms with Gasteiger partial charge in [-0.3, -0.25) is 9.69 Å². The molecule has 0 aliphatic carbocycles. The summed E-state index contributed by atoms with van der Waals surface area (Å²) in [5, 5.41) is 1.22. The summed E-state index contributed by atoms with van der Waals surface area (Å²) in [4.78, 5) is 19.7. The molecule has 1 aromatic heterocycles. The van der Waals surface area contributed by atoms with Gasteiger partial charge in [-0.15, -0.1) is 0 Å². The lowest BCUT2D eigenvalue weighted by molar-refractivity contribution is -0.118. The third kappa shape index (κ3) is 6.03. The summed E-state index contributed by atoms with van der Waals surface area (Å²) >= 11 is 7.70. The number of carbonyl (C=O) groups is 1. The van der Waals surface area contributed by atoms with Gasteiger partial charge in [0.1, 0.15) is 0 Å². The molecular weight excluding hydrogens is 488 g/mol. The largest absolute Gasteiger partial charge is 0.284 e. The fourth-order valence-electron chi connectivity index (χ4n) is 3.71. The van der Waals surface area contributed by atoms with Gasteiger partial charge in [0.15, 0.2) is 15.0 Å². The minimum Gasteiger partial charge on any atom is -0.284 e. The second kappa shape index (κ2) is 10.7. The molecule has 0 atom stereocenters. The second-order valence-corrected chi connectivity index (χ2v) is 11.8. The zero-order valence-electron chi connectivity index (χ0n) is 18.8. The van der Waals surface area contributed by atoms with E-state index >= 15 is 0 Å². The van der Waals surface area contributed by atoms with Crippen molar-refractivity contribution in [3.8, 4) is 0 Å². The molecule has 0 saturated carbocycles. The first-order valence-corrected chi connectivity index (χ1v) is 14.0. The Bertz CT molecular complexity index is 1390. The number of rotatable bonds is 9. The number of anilines is 1. The summed E-state index contributed by atoms with van der Waals surface area (Å²) < 4.78 is 26.1. The van der Waals surface area contributed by atoms with E-state index in [0.717, 1.165) is 26.9 Å². The predicted molar refractivity (Wildman–Crippen MR) is 140 cm³/mol. The van der Waals surface area contributed by atoms with Crippen LogP contribution >= 0.6 is 22.9 Å². The molecule has 1 heterocycles. The number of thiazole rings is 1. The molecule has 1 amide bonds. The number of sulfone groups is 1. The average molecular weight is 513 g/mol. The number of aryl methyl sites for hydroxylation is 1. The Balaban J connectivity index is 1.51. The van der Waals surface area contributed by atoms with E-state index in [1.165, 1.54) is 11.3 Å². The molecule has 0 aliphatic rings. The molecule has 0 radical (unpaired) electrons. The fourth-order valence-corrected chi connectivity index (χ4v) is 6.33. The van der Waals surface area contributed by atoms with Crippen LogP contribution in [0.3, 0.4) is 0 Å². The predicted octanol–water partition coefficient (Wildman–Crippen LogP) is 6.19. The van der Waals surface area contributed by atoms with Crippen molar-refractivity contribution in [3.05, 3.63) is 94.5 Å². The lowest BCUT2D eigenvalue weighted by Gasteiger charge is -2.20. The first-order chi connectivity index (χ1) is 16.3. The summed E-state index contributed by atoms with van der Waals surface area (Å²) in [6, 6.07) is 22.5. The van der Waals surface area contributed by atoms with Gasteiger partial charge >= 0.3 is 0 Å². The van der Waals surface area contributed by atoms with Gasteiger partial charge in [-0.25, -0.2) is 13.4 Å². The van der Waals surface area contributed by atoms with E-state index in [2.05, 4.69) is 0 Å². The van der Waals surface area contributed by atoms with Crippen LogP contribution in [-0.2, 0) is 26.9 Å². The zero-order valence-corrected chi connectivity index (χ0v) is 21.2. The van der Waals surface area contributed by atoms with Crippen molar-refractivity contribution in [2.45, 2.75) is 32.1 Å². The SMILES string of the molecule is Cc1c(Cl)ccc2sc(N(Cc3ccccc3)C(=O)CCCS(=O)(=O)Cc3ccccc3)nc12. The van der Waals surface area contributed by atoms with Crippen LogP contribution < -0.4 is 4.90 Å². The minimum absolute atomic E-state index is 0.0202. The summed E-state index contributed by atoms with van der Waals surface area (Å²) in [7, 11) is -3.31. The standard InChI is InChI=1S/C26H25ClN2O3S2/c1-19-22(27)14-15-23-25(19)28-26(33-23)29(17-20-9-4-2-5-10-20)24(30)13-8-16-34(31,32)18-21-11-6-3-7-12-21/h2-7,9-12,14-15H,8,13,16-18H2,1H3. The van der Waals surface area contributed by atoms with Crippen molar-refractivity contribution in [2.24, 2.45) is 0 Å². The molecule has 8 heteroatoms. The molecule has 4 rings (SSSR count). The van der Waals surface area contributed by atoms with E-state index in [0.29, 0.717) is 16.7 Å². The lowest BCUT2D eigenvalue weighted by Crippen LogP contribution is -2.30. The number of fused-ring (bicyclic) bond motifs is 1. The van der Waals surface area contributed by atoms with Crippen LogP contribution in [-0.4, -0.2) is 25.1 Å². The molecule has 0 spiro atoms. The topological polar surface area (TPSA) is 67.3 Å². The van der Waals surface area contributed by atoms with Crippen molar-refractivity contribution in [1.82, 2.24) is 4.98 Å². The van der Waals surface area contributed by atoms with Crippen molar-refractivity contribution in [2.75, 3.05) is 10.7 Å². The van der Waals surface area contributed by atoms with E-state index in [1.54, 1.807) is 17.0 Å². The van der Waals surface area contributed by atoms with Crippen LogP contribution in [0.2, 0.25) is 5.02 Å². The fraction of sp³-hybridized carbons (Fsp3) is 0.231. The van der Waals surface area contributed by atoms with Gasteiger partial charge in [-0.05, 0) is 42.2 Å². The van der Waals surface area contributed by atoms with Gasteiger partial charge in [0.25, 0.3) is 0 Å². The number of hydrogen-bond acceptors (Lipinski definition) is 5. The number of amides is 1. The summed E-state index contributed by atoms with van der Waals surface area (Å²) in [6.07, 6.45) is 0.381. The van der Waals surface area contributed by atoms with Gasteiger partial charge in [-0.1, -0.05) is 83.6 Å². The van der Waals surface area contributed by atoms with Gasteiger partial charge in [0.2, 0.25) is 5.91 Å². The van der Waals surface area contributed by atoms with Crippen LogP contribution in [0.4, 0.5) is 5.13 Å². The Hall–Kier alpha value is -2.74. The first kappa shape index (κ1) is 24.4. The Morgan fingerprint density at radius 2 is 1.62 bits per heavy atom. The number of halogens is 1. The van der Waals surface area contributed by atoms with Gasteiger partial charge in [0, 0.05) is 11.4 Å². The molecule has 34 heavy (non-hydrogen) atoms. The zero-order chi connectivity index (χ0) is 24.1. The highest BCUT2D eigenvalue weighted by molar-refractivity contribution is 7.90. The molecule has 0 N–H and O–H groups in total. The smallest absolute Gasteiger partial charge is 0.229 e. The monoisotopic (exact) mass is 512 g/mol. The molecule has 5 nitrogen and oxygen atoms in total. The molecular formula is C26H25ClN2O3S2. The normalized spacial score (nSPS) is 11.6. The van der Waals surface area contributed by atoms with Crippen LogP contribution in [0.15, 0.2) is 72.8 Å². The Labute approximate surface area is 208 Å². The van der Waals surface area contributed by atoms with E-state index in [1.807, 2.05) is 67.6 Å². The van der Waals surface area contributed by atoms with Crippen molar-refractivity contribution in [1.29, 1.82) is 0 Å². The van der Waals surface area contributed by atoms with E-state index in [-0.39, 0.29) is 30.3 Å². The molecule has 4 aromatic rings. The minimum atomic E-state index is -3.31. The number of carbonyl (C=O) groups excluding carboxylic acids is 1. The molecule has 0 bridgehead atoms. The molecule has 0 aliphatic heterocycles. The third-order valence-electron chi connectivity index (χ3n) is 5.53. The van der Waals surface area contributed by atoms with E-state index in [9.17, 15) is 13.2 Å². The van der Waals surface area contributed by atoms with Crippen molar-refractivity contribution >= 4 is 54.0 Å². The number of hydrogen-bond donors (Lipinski definition) is 0. The molecule has 0 saturated heterocycles. The van der Waals surface area contributed by atoms with Crippen molar-refractivity contribution in [3.63, 3.8) is 0 Å². The van der Waals surface area contributed by atoms with Crippen LogP contribution in [0, 0.1) is 6.92 Å². The highest BCUT2D eigenvalue weighted by atomic mass is 35.5. The number of benzene rings is 3. The quantitative estimate of drug-likeness (QED) is 0.268. The number of aromatic nitrogens is 1. The Kier molecular flexibility index (Phi) is 7.66. The lowest BCUT2D eigenvalue weighted by atomic mass is 10.2. The van der Waals surface area contributed by atoms with Gasteiger partial charge < -0.3 is 0 Å². The molecule has 0 unspecified atom stereocenters. The van der Waals surface area contributed by atoms with Gasteiger partial charge in [-0.2, -0.15) is 0 Å². The summed E-state index contributed by atoms with van der Waals surface area (Å²) in [6.45, 7) is 2.28.